The number of ether oxygens (including phenoxy) is 1. The van der Waals surface area contributed by atoms with Gasteiger partial charge >= 0.3 is 0 Å². The van der Waals surface area contributed by atoms with E-state index in [0.29, 0.717) is 13.2 Å². The van der Waals surface area contributed by atoms with Crippen LogP contribution >= 0.6 is 11.5 Å². The summed E-state index contributed by atoms with van der Waals surface area (Å²) in [4.78, 5) is 4.32. The molecule has 0 aliphatic rings. The molecule has 6 heteroatoms. The first kappa shape index (κ1) is 11.1. The average molecular weight is 239 g/mol. The summed E-state index contributed by atoms with van der Waals surface area (Å²) in [5, 5.41) is 3.96. The topological polar surface area (TPSA) is 60.2 Å². The zero-order valence-corrected chi connectivity index (χ0v) is 9.79. The SMILES string of the molecule is COCCc1nsc(NCc2ccco2)n1. The van der Waals surface area contributed by atoms with Crippen molar-refractivity contribution in [2.24, 2.45) is 0 Å². The van der Waals surface area contributed by atoms with Gasteiger partial charge in [0.05, 0.1) is 19.4 Å². The van der Waals surface area contributed by atoms with Gasteiger partial charge in [-0.05, 0) is 12.1 Å². The second kappa shape index (κ2) is 5.62. The molecule has 0 saturated carbocycles. The Balaban J connectivity index is 1.83. The molecule has 0 bridgehead atoms. The van der Waals surface area contributed by atoms with E-state index >= 15 is 0 Å². The Morgan fingerprint density at radius 3 is 3.25 bits per heavy atom. The van der Waals surface area contributed by atoms with Crippen LogP contribution in [0.5, 0.6) is 0 Å². The van der Waals surface area contributed by atoms with E-state index in [1.165, 1.54) is 11.5 Å². The highest BCUT2D eigenvalue weighted by atomic mass is 32.1. The lowest BCUT2D eigenvalue weighted by Crippen LogP contribution is -1.99. The number of methoxy groups -OCH3 is 1. The lowest BCUT2D eigenvalue weighted by atomic mass is 10.4. The molecule has 2 aromatic heterocycles. The van der Waals surface area contributed by atoms with Crippen molar-refractivity contribution in [3.05, 3.63) is 30.0 Å². The quantitative estimate of drug-likeness (QED) is 0.834. The molecule has 0 aliphatic carbocycles. The standard InChI is InChI=1S/C10H13N3O2S/c1-14-6-4-9-12-10(16-13-9)11-7-8-3-2-5-15-8/h2-3,5H,4,6-7H2,1H3,(H,11,12,13). The van der Waals surface area contributed by atoms with E-state index in [0.717, 1.165) is 23.1 Å². The molecule has 0 atom stereocenters. The molecular formula is C10H13N3O2S. The van der Waals surface area contributed by atoms with E-state index in [1.54, 1.807) is 13.4 Å². The minimum atomic E-state index is 0.631. The third-order valence-corrected chi connectivity index (χ3v) is 2.70. The van der Waals surface area contributed by atoms with E-state index in [-0.39, 0.29) is 0 Å². The fourth-order valence-electron chi connectivity index (χ4n) is 1.20. The van der Waals surface area contributed by atoms with E-state index in [1.807, 2.05) is 12.1 Å². The van der Waals surface area contributed by atoms with Crippen molar-refractivity contribution in [1.29, 1.82) is 0 Å². The van der Waals surface area contributed by atoms with Gasteiger partial charge in [-0.3, -0.25) is 0 Å². The molecule has 2 heterocycles. The predicted octanol–water partition coefficient (Wildman–Crippen LogP) is 1.93. The van der Waals surface area contributed by atoms with Crippen molar-refractivity contribution >= 4 is 16.7 Å². The number of anilines is 1. The maximum Gasteiger partial charge on any atom is 0.202 e. The average Bonchev–Trinajstić information content (AvgIpc) is 2.95. The number of furan rings is 1. The first-order valence-electron chi connectivity index (χ1n) is 4.96. The van der Waals surface area contributed by atoms with Gasteiger partial charge in [-0.2, -0.15) is 4.37 Å². The fraction of sp³-hybridized carbons (Fsp3) is 0.400. The van der Waals surface area contributed by atoms with E-state index in [4.69, 9.17) is 9.15 Å². The van der Waals surface area contributed by atoms with E-state index in [9.17, 15) is 0 Å². The number of nitrogens with one attached hydrogen (secondary N) is 1. The Hall–Kier alpha value is -1.40. The van der Waals surface area contributed by atoms with Crippen molar-refractivity contribution in [3.8, 4) is 0 Å². The summed E-state index contributed by atoms with van der Waals surface area (Å²) in [7, 11) is 1.67. The Bertz CT molecular complexity index is 413. The Morgan fingerprint density at radius 2 is 2.50 bits per heavy atom. The zero-order chi connectivity index (χ0) is 11.2. The van der Waals surface area contributed by atoms with E-state index < -0.39 is 0 Å². The molecule has 2 aromatic rings. The van der Waals surface area contributed by atoms with Gasteiger partial charge in [0, 0.05) is 25.1 Å². The zero-order valence-electron chi connectivity index (χ0n) is 8.97. The van der Waals surface area contributed by atoms with Crippen LogP contribution in [0.15, 0.2) is 22.8 Å². The van der Waals surface area contributed by atoms with Gasteiger partial charge in [-0.1, -0.05) is 0 Å². The molecular weight excluding hydrogens is 226 g/mol. The van der Waals surface area contributed by atoms with Crippen molar-refractivity contribution in [2.75, 3.05) is 19.0 Å². The summed E-state index contributed by atoms with van der Waals surface area (Å²) in [6, 6.07) is 3.78. The van der Waals surface area contributed by atoms with Crippen LogP contribution in [-0.4, -0.2) is 23.1 Å². The molecule has 1 N–H and O–H groups in total. The molecule has 2 rings (SSSR count). The smallest absolute Gasteiger partial charge is 0.202 e. The predicted molar refractivity (Wildman–Crippen MR) is 61.5 cm³/mol. The van der Waals surface area contributed by atoms with Crippen LogP contribution in [-0.2, 0) is 17.7 Å². The minimum absolute atomic E-state index is 0.631. The molecule has 5 nitrogen and oxygen atoms in total. The highest BCUT2D eigenvalue weighted by molar-refractivity contribution is 7.09. The molecule has 0 aliphatic heterocycles. The number of nitrogens with zero attached hydrogens (tertiary/aromatic N) is 2. The molecule has 16 heavy (non-hydrogen) atoms. The van der Waals surface area contributed by atoms with Crippen molar-refractivity contribution in [2.45, 2.75) is 13.0 Å². The number of hydrogen-bond acceptors (Lipinski definition) is 6. The third kappa shape index (κ3) is 3.04. The van der Waals surface area contributed by atoms with Gasteiger partial charge in [-0.15, -0.1) is 0 Å². The Labute approximate surface area is 97.6 Å². The largest absolute Gasteiger partial charge is 0.467 e. The van der Waals surface area contributed by atoms with Crippen molar-refractivity contribution in [1.82, 2.24) is 9.36 Å². The maximum atomic E-state index is 5.20. The number of hydrogen-bond donors (Lipinski definition) is 1. The first-order chi connectivity index (χ1) is 7.88. The second-order valence-corrected chi connectivity index (χ2v) is 3.94. The lowest BCUT2D eigenvalue weighted by molar-refractivity contribution is 0.201. The molecule has 86 valence electrons. The molecule has 0 radical (unpaired) electrons. The Kier molecular flexibility index (Phi) is 3.90. The van der Waals surface area contributed by atoms with Crippen LogP contribution in [0.2, 0.25) is 0 Å². The third-order valence-electron chi connectivity index (χ3n) is 1.99. The first-order valence-corrected chi connectivity index (χ1v) is 5.73. The van der Waals surface area contributed by atoms with Gasteiger partial charge in [0.15, 0.2) is 0 Å². The highest BCUT2D eigenvalue weighted by Gasteiger charge is 2.03. The van der Waals surface area contributed by atoms with Crippen LogP contribution in [0.4, 0.5) is 5.13 Å². The van der Waals surface area contributed by atoms with Gasteiger partial charge < -0.3 is 14.5 Å². The van der Waals surface area contributed by atoms with Crippen LogP contribution in [0, 0.1) is 0 Å². The molecule has 0 aromatic carbocycles. The van der Waals surface area contributed by atoms with E-state index in [2.05, 4.69) is 14.7 Å². The number of rotatable bonds is 6. The lowest BCUT2D eigenvalue weighted by Gasteiger charge is -1.97. The molecule has 0 unspecified atom stereocenters. The van der Waals surface area contributed by atoms with Crippen LogP contribution < -0.4 is 5.32 Å². The summed E-state index contributed by atoms with van der Waals surface area (Å²) in [6.45, 7) is 1.28. The normalized spacial score (nSPS) is 10.6. The Morgan fingerprint density at radius 1 is 1.56 bits per heavy atom. The summed E-state index contributed by atoms with van der Waals surface area (Å²) >= 11 is 1.35. The monoisotopic (exact) mass is 239 g/mol. The van der Waals surface area contributed by atoms with Crippen LogP contribution in [0.1, 0.15) is 11.6 Å². The van der Waals surface area contributed by atoms with Gasteiger partial charge in [0.25, 0.3) is 0 Å². The molecule has 0 amide bonds. The van der Waals surface area contributed by atoms with Crippen LogP contribution in [0.3, 0.4) is 0 Å². The van der Waals surface area contributed by atoms with Crippen molar-refractivity contribution < 1.29 is 9.15 Å². The van der Waals surface area contributed by atoms with Gasteiger partial charge in [-0.25, -0.2) is 4.98 Å². The summed E-state index contributed by atoms with van der Waals surface area (Å²) in [5.74, 6) is 1.70. The summed E-state index contributed by atoms with van der Waals surface area (Å²) in [6.07, 6.45) is 2.40. The molecule has 0 fully saturated rings. The molecule has 0 spiro atoms. The second-order valence-electron chi connectivity index (χ2n) is 3.19. The van der Waals surface area contributed by atoms with Gasteiger partial charge in [0.1, 0.15) is 11.6 Å². The highest BCUT2D eigenvalue weighted by Crippen LogP contribution is 2.13. The summed E-state index contributed by atoms with van der Waals surface area (Å²) in [5.41, 5.74) is 0. The van der Waals surface area contributed by atoms with Gasteiger partial charge in [0.2, 0.25) is 5.13 Å². The van der Waals surface area contributed by atoms with Crippen molar-refractivity contribution in [3.63, 3.8) is 0 Å². The summed E-state index contributed by atoms with van der Waals surface area (Å²) < 4.78 is 14.4. The fourth-order valence-corrected chi connectivity index (χ4v) is 1.80. The molecule has 0 saturated heterocycles. The minimum Gasteiger partial charge on any atom is -0.467 e. The maximum absolute atomic E-state index is 5.20. The number of aromatic nitrogens is 2. The van der Waals surface area contributed by atoms with Crippen LogP contribution in [0.25, 0.3) is 0 Å².